The maximum atomic E-state index is 13.8. The smallest absolute Gasteiger partial charge is 0.218 e. The summed E-state index contributed by atoms with van der Waals surface area (Å²) in [6.07, 6.45) is 3.07. The number of benzene rings is 2. The molecule has 2 bridgehead atoms. The number of nitrogens with zero attached hydrogens (tertiary/aromatic N) is 1. The number of carbonyl (C=O) groups is 2. The standard InChI is InChI=1S/C23H18BrNO4/c24-14-6-3-5-13(10-14)21(26)20-19-17-11-28-23(29-17)22(27)18(19)16-9-8-12-4-1-2-7-15(12)25(16)20/h1-10,16-20,23H,11H2. The van der Waals surface area contributed by atoms with Crippen molar-refractivity contribution < 1.29 is 19.1 Å². The van der Waals surface area contributed by atoms with Crippen LogP contribution in [0.1, 0.15) is 15.9 Å². The Labute approximate surface area is 176 Å². The minimum absolute atomic E-state index is 0.00986. The van der Waals surface area contributed by atoms with E-state index in [0.717, 1.165) is 15.7 Å². The Hall–Kier alpha value is -2.28. The van der Waals surface area contributed by atoms with E-state index in [-0.39, 0.29) is 35.5 Å². The first kappa shape index (κ1) is 17.6. The van der Waals surface area contributed by atoms with Gasteiger partial charge in [-0.15, -0.1) is 0 Å². The summed E-state index contributed by atoms with van der Waals surface area (Å²) < 4.78 is 12.3. The first-order chi connectivity index (χ1) is 14.1. The number of hydrogen-bond donors (Lipinski definition) is 0. The topological polar surface area (TPSA) is 55.8 Å². The lowest BCUT2D eigenvalue weighted by Crippen LogP contribution is -2.48. The van der Waals surface area contributed by atoms with Gasteiger partial charge in [-0.25, -0.2) is 0 Å². The average Bonchev–Trinajstić information content (AvgIpc) is 3.33. The number of hydrogen-bond acceptors (Lipinski definition) is 5. The van der Waals surface area contributed by atoms with E-state index in [4.69, 9.17) is 9.47 Å². The number of halogens is 1. The first-order valence-electron chi connectivity index (χ1n) is 9.79. The van der Waals surface area contributed by atoms with E-state index in [2.05, 4.69) is 33.0 Å². The van der Waals surface area contributed by atoms with Crippen LogP contribution in [0, 0.1) is 11.8 Å². The molecule has 0 saturated carbocycles. The van der Waals surface area contributed by atoms with Gasteiger partial charge in [0.05, 0.1) is 30.7 Å². The Morgan fingerprint density at radius 1 is 1.14 bits per heavy atom. The van der Waals surface area contributed by atoms with E-state index in [1.165, 1.54) is 0 Å². The molecule has 0 aliphatic carbocycles. The van der Waals surface area contributed by atoms with E-state index in [1.54, 1.807) is 0 Å². The monoisotopic (exact) mass is 451 g/mol. The lowest BCUT2D eigenvalue weighted by molar-refractivity contribution is -0.163. The van der Waals surface area contributed by atoms with Gasteiger partial charge in [-0.1, -0.05) is 58.4 Å². The molecule has 6 rings (SSSR count). The molecule has 0 N–H and O–H groups in total. The van der Waals surface area contributed by atoms with Crippen molar-refractivity contribution in [2.75, 3.05) is 11.5 Å². The fraction of sp³-hybridized carbons (Fsp3) is 0.304. The van der Waals surface area contributed by atoms with Gasteiger partial charge in [-0.2, -0.15) is 0 Å². The van der Waals surface area contributed by atoms with E-state index in [0.29, 0.717) is 12.2 Å². The summed E-state index contributed by atoms with van der Waals surface area (Å²) in [5.41, 5.74) is 2.68. The second-order valence-electron chi connectivity index (χ2n) is 7.98. The molecule has 6 heteroatoms. The lowest BCUT2D eigenvalue weighted by atomic mass is 9.77. The first-order valence-corrected chi connectivity index (χ1v) is 10.6. The summed E-state index contributed by atoms with van der Waals surface area (Å²) in [6, 6.07) is 14.8. The van der Waals surface area contributed by atoms with E-state index >= 15 is 0 Å². The Balaban J connectivity index is 1.53. The highest BCUT2D eigenvalue weighted by Gasteiger charge is 2.63. The highest BCUT2D eigenvalue weighted by Crippen LogP contribution is 2.51. The van der Waals surface area contributed by atoms with Gasteiger partial charge >= 0.3 is 0 Å². The van der Waals surface area contributed by atoms with Crippen LogP contribution in [-0.4, -0.2) is 42.7 Å². The third-order valence-corrected chi connectivity index (χ3v) is 7.03. The van der Waals surface area contributed by atoms with Gasteiger partial charge in [-0.05, 0) is 23.8 Å². The van der Waals surface area contributed by atoms with Crippen molar-refractivity contribution in [1.29, 1.82) is 0 Å². The Kier molecular flexibility index (Phi) is 3.85. The molecular weight excluding hydrogens is 434 g/mol. The van der Waals surface area contributed by atoms with Crippen molar-refractivity contribution in [2.24, 2.45) is 11.8 Å². The molecule has 3 fully saturated rings. The Morgan fingerprint density at radius 2 is 2.00 bits per heavy atom. The third-order valence-electron chi connectivity index (χ3n) is 6.53. The molecule has 5 nitrogen and oxygen atoms in total. The van der Waals surface area contributed by atoms with E-state index in [9.17, 15) is 9.59 Å². The summed E-state index contributed by atoms with van der Waals surface area (Å²) in [5.74, 6) is -0.594. The molecule has 6 unspecified atom stereocenters. The minimum Gasteiger partial charge on any atom is -0.353 e. The zero-order chi connectivity index (χ0) is 19.7. The molecule has 6 atom stereocenters. The number of rotatable bonds is 2. The molecule has 4 heterocycles. The number of ketones is 2. The number of fused-ring (bicyclic) bond motifs is 8. The van der Waals surface area contributed by atoms with Crippen LogP contribution in [0.2, 0.25) is 0 Å². The highest BCUT2D eigenvalue weighted by atomic mass is 79.9. The minimum atomic E-state index is -0.798. The molecular formula is C23H18BrNO4. The predicted octanol–water partition coefficient (Wildman–Crippen LogP) is 3.47. The van der Waals surface area contributed by atoms with Crippen molar-refractivity contribution in [3.8, 4) is 0 Å². The van der Waals surface area contributed by atoms with Crippen LogP contribution in [0.3, 0.4) is 0 Å². The average molecular weight is 452 g/mol. The van der Waals surface area contributed by atoms with Gasteiger partial charge < -0.3 is 14.4 Å². The van der Waals surface area contributed by atoms with Crippen LogP contribution in [0.5, 0.6) is 0 Å². The van der Waals surface area contributed by atoms with Gasteiger partial charge in [0.1, 0.15) is 0 Å². The fourth-order valence-corrected chi connectivity index (χ4v) is 5.79. The van der Waals surface area contributed by atoms with Crippen LogP contribution >= 0.6 is 15.9 Å². The van der Waals surface area contributed by atoms with Crippen LogP contribution in [0.4, 0.5) is 5.69 Å². The number of carbonyl (C=O) groups excluding carboxylic acids is 2. The van der Waals surface area contributed by atoms with Crippen molar-refractivity contribution in [3.05, 3.63) is 70.2 Å². The van der Waals surface area contributed by atoms with Gasteiger partial charge in [0, 0.05) is 21.6 Å². The SMILES string of the molecule is O=C1C2OCC(O2)C2C1C1C=Cc3ccccc3N1C2C(=O)c1cccc(Br)c1. The zero-order valence-corrected chi connectivity index (χ0v) is 17.0. The predicted molar refractivity (Wildman–Crippen MR) is 111 cm³/mol. The number of anilines is 1. The summed E-state index contributed by atoms with van der Waals surface area (Å²) in [4.78, 5) is 29.1. The molecule has 3 saturated heterocycles. The summed E-state index contributed by atoms with van der Waals surface area (Å²) in [5, 5.41) is 0. The molecule has 4 aliphatic rings. The lowest BCUT2D eigenvalue weighted by Gasteiger charge is -2.35. The van der Waals surface area contributed by atoms with Gasteiger partial charge in [0.25, 0.3) is 0 Å². The number of para-hydroxylation sites is 1. The number of ether oxygens (including phenoxy) is 2. The summed E-state index contributed by atoms with van der Waals surface area (Å²) in [6.45, 7) is 0.353. The van der Waals surface area contributed by atoms with Crippen molar-refractivity contribution >= 4 is 39.3 Å². The Morgan fingerprint density at radius 3 is 2.86 bits per heavy atom. The molecule has 4 aliphatic heterocycles. The van der Waals surface area contributed by atoms with Gasteiger partial charge in [0.2, 0.25) is 6.29 Å². The van der Waals surface area contributed by atoms with Gasteiger partial charge in [0.15, 0.2) is 11.6 Å². The van der Waals surface area contributed by atoms with E-state index in [1.807, 2.05) is 48.5 Å². The van der Waals surface area contributed by atoms with Crippen molar-refractivity contribution in [2.45, 2.75) is 24.5 Å². The quantitative estimate of drug-likeness (QED) is 0.654. The van der Waals surface area contributed by atoms with Crippen LogP contribution < -0.4 is 4.90 Å². The van der Waals surface area contributed by atoms with Crippen LogP contribution in [0.15, 0.2) is 59.1 Å². The second-order valence-corrected chi connectivity index (χ2v) is 8.90. The largest absolute Gasteiger partial charge is 0.353 e. The maximum absolute atomic E-state index is 13.8. The molecule has 0 spiro atoms. The second kappa shape index (κ2) is 6.36. The molecule has 0 aromatic heterocycles. The molecule has 0 amide bonds. The van der Waals surface area contributed by atoms with Gasteiger partial charge in [-0.3, -0.25) is 9.59 Å². The van der Waals surface area contributed by atoms with Crippen molar-refractivity contribution in [3.63, 3.8) is 0 Å². The van der Waals surface area contributed by atoms with Crippen LogP contribution in [-0.2, 0) is 14.3 Å². The molecule has 0 radical (unpaired) electrons. The summed E-state index contributed by atoms with van der Waals surface area (Å²) >= 11 is 3.47. The highest BCUT2D eigenvalue weighted by molar-refractivity contribution is 9.10. The zero-order valence-electron chi connectivity index (χ0n) is 15.4. The van der Waals surface area contributed by atoms with E-state index < -0.39 is 12.3 Å². The third kappa shape index (κ3) is 2.46. The normalized spacial score (nSPS) is 34.0. The van der Waals surface area contributed by atoms with Crippen molar-refractivity contribution in [1.82, 2.24) is 0 Å². The molecule has 29 heavy (non-hydrogen) atoms. The molecule has 2 aromatic carbocycles. The fourth-order valence-electron chi connectivity index (χ4n) is 5.39. The molecule has 2 aromatic rings. The maximum Gasteiger partial charge on any atom is 0.218 e. The number of Topliss-reactive ketones (excluding diaryl/α,β-unsaturated/α-hetero) is 2. The Bertz CT molecular complexity index is 1070. The molecule has 146 valence electrons. The summed E-state index contributed by atoms with van der Waals surface area (Å²) in [7, 11) is 0. The van der Waals surface area contributed by atoms with Crippen LogP contribution in [0.25, 0.3) is 6.08 Å².